The number of benzene rings is 2. The lowest BCUT2D eigenvalue weighted by molar-refractivity contribution is 0.475. The molecule has 3 nitrogen and oxygen atoms in total. The third-order valence-electron chi connectivity index (χ3n) is 3.43. The van der Waals surface area contributed by atoms with E-state index in [4.69, 9.17) is 4.98 Å². The molecule has 0 saturated heterocycles. The summed E-state index contributed by atoms with van der Waals surface area (Å²) >= 11 is 1.61. The van der Waals surface area contributed by atoms with Crippen LogP contribution in [0.2, 0.25) is 0 Å². The summed E-state index contributed by atoms with van der Waals surface area (Å²) in [7, 11) is 0. The van der Waals surface area contributed by atoms with E-state index < -0.39 is 0 Å². The number of hydrogen-bond donors (Lipinski definition) is 1. The maximum Gasteiger partial charge on any atom is 0.194 e. The van der Waals surface area contributed by atoms with Gasteiger partial charge in [0.1, 0.15) is 5.75 Å². The summed E-state index contributed by atoms with van der Waals surface area (Å²) in [6.07, 6.45) is 2.03. The maximum absolute atomic E-state index is 9.73. The molecule has 2 aromatic heterocycles. The average molecular weight is 292 g/mol. The van der Waals surface area contributed by atoms with Gasteiger partial charge in [0.2, 0.25) is 0 Å². The second kappa shape index (κ2) is 4.75. The second-order valence-electron chi connectivity index (χ2n) is 4.78. The largest absolute Gasteiger partial charge is 0.508 e. The van der Waals surface area contributed by atoms with Crippen LogP contribution in [0, 0.1) is 0 Å². The van der Waals surface area contributed by atoms with Crippen LogP contribution in [0.4, 0.5) is 0 Å². The van der Waals surface area contributed by atoms with E-state index in [2.05, 4.69) is 16.5 Å². The van der Waals surface area contributed by atoms with Crippen LogP contribution in [-0.4, -0.2) is 14.5 Å². The Kier molecular flexibility index (Phi) is 2.75. The highest BCUT2D eigenvalue weighted by atomic mass is 32.1. The van der Waals surface area contributed by atoms with Crippen LogP contribution in [0.1, 0.15) is 0 Å². The molecule has 0 unspecified atom stereocenters. The number of thiazole rings is 1. The Bertz CT molecular complexity index is 909. The summed E-state index contributed by atoms with van der Waals surface area (Å²) in [5.74, 6) is 0.253. The number of hydrogen-bond acceptors (Lipinski definition) is 3. The Hall–Kier alpha value is -2.59. The Balaban J connectivity index is 2.03. The Morgan fingerprint density at radius 2 is 1.76 bits per heavy atom. The fourth-order valence-electron chi connectivity index (χ4n) is 2.51. The van der Waals surface area contributed by atoms with E-state index in [1.807, 2.05) is 41.9 Å². The lowest BCUT2D eigenvalue weighted by Crippen LogP contribution is -1.87. The molecule has 0 amide bonds. The van der Waals surface area contributed by atoms with Gasteiger partial charge >= 0.3 is 0 Å². The van der Waals surface area contributed by atoms with Crippen molar-refractivity contribution in [3.63, 3.8) is 0 Å². The van der Waals surface area contributed by atoms with Crippen molar-refractivity contribution in [2.75, 3.05) is 0 Å². The molecular weight excluding hydrogens is 280 g/mol. The minimum absolute atomic E-state index is 0.253. The summed E-state index contributed by atoms with van der Waals surface area (Å²) in [6, 6.07) is 17.4. The van der Waals surface area contributed by atoms with Crippen molar-refractivity contribution in [1.29, 1.82) is 0 Å². The van der Waals surface area contributed by atoms with Gasteiger partial charge in [0.15, 0.2) is 4.96 Å². The van der Waals surface area contributed by atoms with Crippen LogP contribution in [0.3, 0.4) is 0 Å². The number of rotatable bonds is 2. The average Bonchev–Trinajstić information content (AvgIpc) is 3.08. The molecule has 1 N–H and O–H groups in total. The molecule has 2 aromatic carbocycles. The standard InChI is InChI=1S/C17H12N2OS/c20-14-8-4-7-13(11-14)15-16(12-5-2-1-3-6-12)19-9-10-21-17(19)18-15/h1-11,20H. The van der Waals surface area contributed by atoms with E-state index >= 15 is 0 Å². The molecule has 4 aromatic rings. The van der Waals surface area contributed by atoms with Crippen LogP contribution in [0.5, 0.6) is 5.75 Å². The van der Waals surface area contributed by atoms with Crippen molar-refractivity contribution in [1.82, 2.24) is 9.38 Å². The highest BCUT2D eigenvalue weighted by molar-refractivity contribution is 7.15. The molecule has 0 radical (unpaired) electrons. The van der Waals surface area contributed by atoms with Gasteiger partial charge in [-0.05, 0) is 12.1 Å². The lowest BCUT2D eigenvalue weighted by Gasteiger charge is -2.05. The van der Waals surface area contributed by atoms with Gasteiger partial charge in [0.05, 0.1) is 11.4 Å². The maximum atomic E-state index is 9.73. The highest BCUT2D eigenvalue weighted by Gasteiger charge is 2.16. The molecular formula is C17H12N2OS. The Labute approximate surface area is 125 Å². The Morgan fingerprint density at radius 1 is 0.952 bits per heavy atom. The molecule has 102 valence electrons. The first-order valence-electron chi connectivity index (χ1n) is 6.63. The molecule has 0 fully saturated rings. The number of fused-ring (bicyclic) bond motifs is 1. The van der Waals surface area contributed by atoms with E-state index in [1.54, 1.807) is 23.5 Å². The van der Waals surface area contributed by atoms with Gasteiger partial charge in [-0.15, -0.1) is 11.3 Å². The van der Waals surface area contributed by atoms with Gasteiger partial charge in [-0.1, -0.05) is 42.5 Å². The van der Waals surface area contributed by atoms with Gasteiger partial charge < -0.3 is 5.11 Å². The fraction of sp³-hybridized carbons (Fsp3) is 0. The number of phenolic OH excluding ortho intramolecular Hbond substituents is 1. The van der Waals surface area contributed by atoms with Crippen LogP contribution in [-0.2, 0) is 0 Å². The molecule has 0 aliphatic rings. The van der Waals surface area contributed by atoms with E-state index in [0.29, 0.717) is 0 Å². The Morgan fingerprint density at radius 3 is 2.57 bits per heavy atom. The van der Waals surface area contributed by atoms with Crippen molar-refractivity contribution in [2.24, 2.45) is 0 Å². The molecule has 0 spiro atoms. The van der Waals surface area contributed by atoms with E-state index in [1.165, 1.54) is 0 Å². The summed E-state index contributed by atoms with van der Waals surface area (Å²) < 4.78 is 2.10. The van der Waals surface area contributed by atoms with Gasteiger partial charge in [-0.25, -0.2) is 4.98 Å². The molecule has 4 rings (SSSR count). The number of phenols is 1. The van der Waals surface area contributed by atoms with Crippen molar-refractivity contribution in [3.8, 4) is 28.3 Å². The number of aromatic hydroxyl groups is 1. The molecule has 0 aliphatic heterocycles. The van der Waals surface area contributed by atoms with Crippen molar-refractivity contribution < 1.29 is 5.11 Å². The predicted molar refractivity (Wildman–Crippen MR) is 85.6 cm³/mol. The van der Waals surface area contributed by atoms with Crippen LogP contribution in [0.25, 0.3) is 27.5 Å². The van der Waals surface area contributed by atoms with Gasteiger partial charge in [0.25, 0.3) is 0 Å². The zero-order valence-electron chi connectivity index (χ0n) is 11.1. The topological polar surface area (TPSA) is 37.5 Å². The summed E-state index contributed by atoms with van der Waals surface area (Å²) in [4.78, 5) is 5.68. The number of aromatic nitrogens is 2. The molecule has 21 heavy (non-hydrogen) atoms. The smallest absolute Gasteiger partial charge is 0.194 e. The third-order valence-corrected chi connectivity index (χ3v) is 4.19. The summed E-state index contributed by atoms with van der Waals surface area (Å²) in [5, 5.41) is 11.8. The van der Waals surface area contributed by atoms with E-state index in [9.17, 15) is 5.11 Å². The minimum Gasteiger partial charge on any atom is -0.508 e. The highest BCUT2D eigenvalue weighted by Crippen LogP contribution is 2.35. The van der Waals surface area contributed by atoms with E-state index in [-0.39, 0.29) is 5.75 Å². The van der Waals surface area contributed by atoms with Gasteiger partial charge in [-0.2, -0.15) is 0 Å². The predicted octanol–water partition coefficient (Wildman–Crippen LogP) is 4.44. The quantitative estimate of drug-likeness (QED) is 0.593. The van der Waals surface area contributed by atoms with Gasteiger partial charge in [0, 0.05) is 22.7 Å². The lowest BCUT2D eigenvalue weighted by atomic mass is 10.0. The zero-order chi connectivity index (χ0) is 14.2. The molecule has 2 heterocycles. The first kappa shape index (κ1) is 12.2. The number of imidazole rings is 1. The van der Waals surface area contributed by atoms with Crippen LogP contribution < -0.4 is 0 Å². The third kappa shape index (κ3) is 2.00. The van der Waals surface area contributed by atoms with E-state index in [0.717, 1.165) is 27.5 Å². The summed E-state index contributed by atoms with van der Waals surface area (Å²) in [5.41, 5.74) is 3.98. The van der Waals surface area contributed by atoms with Gasteiger partial charge in [-0.3, -0.25) is 4.40 Å². The first-order chi connectivity index (χ1) is 10.3. The fourth-order valence-corrected chi connectivity index (χ4v) is 3.23. The monoisotopic (exact) mass is 292 g/mol. The normalized spacial score (nSPS) is 11.0. The molecule has 0 aliphatic carbocycles. The molecule has 0 atom stereocenters. The first-order valence-corrected chi connectivity index (χ1v) is 7.51. The van der Waals surface area contributed by atoms with Crippen molar-refractivity contribution in [3.05, 3.63) is 66.2 Å². The molecule has 0 saturated carbocycles. The zero-order valence-corrected chi connectivity index (χ0v) is 11.9. The van der Waals surface area contributed by atoms with Crippen molar-refractivity contribution in [2.45, 2.75) is 0 Å². The van der Waals surface area contributed by atoms with Crippen molar-refractivity contribution >= 4 is 16.3 Å². The van der Waals surface area contributed by atoms with Crippen LogP contribution in [0.15, 0.2) is 66.2 Å². The minimum atomic E-state index is 0.253. The SMILES string of the molecule is Oc1cccc(-c2nc3sccn3c2-c2ccccc2)c1. The van der Waals surface area contributed by atoms with Crippen LogP contribution >= 0.6 is 11.3 Å². The molecule has 4 heteroatoms. The summed E-state index contributed by atoms with van der Waals surface area (Å²) in [6.45, 7) is 0. The molecule has 0 bridgehead atoms. The second-order valence-corrected chi connectivity index (χ2v) is 5.65. The number of nitrogens with zero attached hydrogens (tertiary/aromatic N) is 2.